The molecule has 0 aliphatic rings. The number of thiazole rings is 1. The van der Waals surface area contributed by atoms with Crippen molar-refractivity contribution in [2.24, 2.45) is 4.99 Å². The molecule has 0 fully saturated rings. The van der Waals surface area contributed by atoms with E-state index in [9.17, 15) is 0 Å². The number of halogens is 1. The molecule has 6 nitrogen and oxygen atoms in total. The van der Waals surface area contributed by atoms with Crippen molar-refractivity contribution in [1.82, 2.24) is 20.8 Å². The van der Waals surface area contributed by atoms with Crippen molar-refractivity contribution in [1.29, 1.82) is 0 Å². The van der Waals surface area contributed by atoms with Crippen LogP contribution in [0.1, 0.15) is 42.8 Å². The summed E-state index contributed by atoms with van der Waals surface area (Å²) in [4.78, 5) is 9.45. The molecule has 0 aliphatic heterocycles. The standard InChI is InChI=1S/C21H27N5OS.HI/c1-4-17-16(19(5-2)27-26-17)12-23-21(22-6-3)24-13-20-25-18(14-28-20)15-10-8-7-9-11-15;/h7-11,14H,4-6,12-13H2,1-3H3,(H2,22,23,24);1H. The van der Waals surface area contributed by atoms with Gasteiger partial charge in [-0.1, -0.05) is 49.3 Å². The van der Waals surface area contributed by atoms with Gasteiger partial charge in [0.15, 0.2) is 5.96 Å². The highest BCUT2D eigenvalue weighted by Crippen LogP contribution is 2.21. The van der Waals surface area contributed by atoms with Gasteiger partial charge in [0, 0.05) is 29.5 Å². The van der Waals surface area contributed by atoms with E-state index in [0.717, 1.165) is 58.6 Å². The number of aliphatic imine (C=N–C) groups is 1. The van der Waals surface area contributed by atoms with Gasteiger partial charge in [-0.15, -0.1) is 35.3 Å². The molecule has 1 aromatic carbocycles. The molecular formula is C21H28IN5OS. The predicted octanol–water partition coefficient (Wildman–Crippen LogP) is 4.80. The number of nitrogens with one attached hydrogen (secondary N) is 2. The van der Waals surface area contributed by atoms with Crippen LogP contribution < -0.4 is 10.6 Å². The van der Waals surface area contributed by atoms with Crippen LogP contribution >= 0.6 is 35.3 Å². The lowest BCUT2D eigenvalue weighted by molar-refractivity contribution is 0.380. The van der Waals surface area contributed by atoms with Gasteiger partial charge in [0.2, 0.25) is 0 Å². The van der Waals surface area contributed by atoms with Gasteiger partial charge in [0.1, 0.15) is 10.8 Å². The fraction of sp³-hybridized carbons (Fsp3) is 0.381. The summed E-state index contributed by atoms with van der Waals surface area (Å²) in [5, 5.41) is 13.9. The van der Waals surface area contributed by atoms with Gasteiger partial charge in [-0.05, 0) is 13.3 Å². The van der Waals surface area contributed by atoms with Crippen LogP contribution in [-0.2, 0) is 25.9 Å². The molecule has 0 unspecified atom stereocenters. The number of benzene rings is 1. The number of nitrogens with zero attached hydrogens (tertiary/aromatic N) is 3. The Morgan fingerprint density at radius 1 is 1.10 bits per heavy atom. The van der Waals surface area contributed by atoms with E-state index in [1.807, 2.05) is 18.2 Å². The van der Waals surface area contributed by atoms with Crippen LogP contribution in [0, 0.1) is 0 Å². The largest absolute Gasteiger partial charge is 0.361 e. The lowest BCUT2D eigenvalue weighted by atomic mass is 10.1. The van der Waals surface area contributed by atoms with E-state index >= 15 is 0 Å². The maximum Gasteiger partial charge on any atom is 0.191 e. The second kappa shape index (κ2) is 11.9. The zero-order chi connectivity index (χ0) is 19.8. The summed E-state index contributed by atoms with van der Waals surface area (Å²) in [5.41, 5.74) is 4.23. The molecule has 0 saturated heterocycles. The second-order valence-corrected chi connectivity index (χ2v) is 7.22. The summed E-state index contributed by atoms with van der Waals surface area (Å²) >= 11 is 1.65. The molecule has 0 spiro atoms. The minimum absolute atomic E-state index is 0. The second-order valence-electron chi connectivity index (χ2n) is 6.28. The van der Waals surface area contributed by atoms with Crippen molar-refractivity contribution in [2.75, 3.05) is 6.54 Å². The minimum Gasteiger partial charge on any atom is -0.361 e. The fourth-order valence-corrected chi connectivity index (χ4v) is 3.65. The van der Waals surface area contributed by atoms with Gasteiger partial charge in [0.05, 0.1) is 24.5 Å². The number of aryl methyl sites for hydroxylation is 2. The highest BCUT2D eigenvalue weighted by atomic mass is 127. The number of guanidine groups is 1. The van der Waals surface area contributed by atoms with E-state index in [1.54, 1.807) is 11.3 Å². The first kappa shape index (κ1) is 23.3. The van der Waals surface area contributed by atoms with Gasteiger partial charge >= 0.3 is 0 Å². The van der Waals surface area contributed by atoms with Crippen molar-refractivity contribution in [2.45, 2.75) is 46.7 Å². The third kappa shape index (κ3) is 6.27. The van der Waals surface area contributed by atoms with E-state index < -0.39 is 0 Å². The van der Waals surface area contributed by atoms with Crippen LogP contribution in [0.5, 0.6) is 0 Å². The molecule has 0 radical (unpaired) electrons. The summed E-state index contributed by atoms with van der Waals surface area (Å²) in [5.74, 6) is 1.69. The van der Waals surface area contributed by atoms with Gasteiger partial charge in [-0.2, -0.15) is 0 Å². The first-order chi connectivity index (χ1) is 13.7. The Kier molecular flexibility index (Phi) is 9.59. The first-order valence-corrected chi connectivity index (χ1v) is 10.6. The first-order valence-electron chi connectivity index (χ1n) is 9.73. The summed E-state index contributed by atoms with van der Waals surface area (Å²) in [7, 11) is 0. The maximum atomic E-state index is 5.43. The van der Waals surface area contributed by atoms with Crippen molar-refractivity contribution in [3.8, 4) is 11.3 Å². The Morgan fingerprint density at radius 3 is 2.59 bits per heavy atom. The molecule has 0 atom stereocenters. The normalized spacial score (nSPS) is 11.2. The quantitative estimate of drug-likeness (QED) is 0.251. The average molecular weight is 525 g/mol. The molecule has 0 saturated carbocycles. The molecule has 2 N–H and O–H groups in total. The van der Waals surface area contributed by atoms with Crippen LogP contribution in [0.3, 0.4) is 0 Å². The Labute approximate surface area is 193 Å². The van der Waals surface area contributed by atoms with Gasteiger partial charge in [0.25, 0.3) is 0 Å². The number of aromatic nitrogens is 2. The number of rotatable bonds is 8. The Bertz CT molecular complexity index is 885. The van der Waals surface area contributed by atoms with Crippen molar-refractivity contribution in [3.63, 3.8) is 0 Å². The minimum atomic E-state index is 0. The van der Waals surface area contributed by atoms with Crippen molar-refractivity contribution >= 4 is 41.3 Å². The SMILES string of the molecule is CCNC(=NCc1c(CC)noc1CC)NCc1nc(-c2ccccc2)cs1.I. The Balaban J connectivity index is 0.00000300. The summed E-state index contributed by atoms with van der Waals surface area (Å²) < 4.78 is 5.43. The van der Waals surface area contributed by atoms with Crippen LogP contribution in [0.2, 0.25) is 0 Å². The van der Waals surface area contributed by atoms with E-state index in [4.69, 9.17) is 14.5 Å². The monoisotopic (exact) mass is 525 g/mol. The Hall–Kier alpha value is -1.94. The van der Waals surface area contributed by atoms with E-state index in [-0.39, 0.29) is 24.0 Å². The maximum absolute atomic E-state index is 5.43. The zero-order valence-electron chi connectivity index (χ0n) is 17.1. The molecule has 3 rings (SSSR count). The van der Waals surface area contributed by atoms with E-state index in [2.05, 4.69) is 54.1 Å². The molecule has 2 heterocycles. The van der Waals surface area contributed by atoms with Gasteiger partial charge < -0.3 is 15.2 Å². The lowest BCUT2D eigenvalue weighted by Gasteiger charge is -2.10. The number of hydrogen-bond donors (Lipinski definition) is 2. The predicted molar refractivity (Wildman–Crippen MR) is 130 cm³/mol. The topological polar surface area (TPSA) is 75.3 Å². The molecule has 0 bridgehead atoms. The zero-order valence-corrected chi connectivity index (χ0v) is 20.2. The Morgan fingerprint density at radius 2 is 1.90 bits per heavy atom. The average Bonchev–Trinajstić information content (AvgIpc) is 3.37. The summed E-state index contributed by atoms with van der Waals surface area (Å²) in [6.07, 6.45) is 1.67. The third-order valence-electron chi connectivity index (χ3n) is 4.37. The summed E-state index contributed by atoms with van der Waals surface area (Å²) in [6.45, 7) is 8.20. The number of hydrogen-bond acceptors (Lipinski definition) is 5. The van der Waals surface area contributed by atoms with Gasteiger partial charge in [-0.25, -0.2) is 9.98 Å². The molecule has 8 heteroatoms. The summed E-state index contributed by atoms with van der Waals surface area (Å²) in [6, 6.07) is 10.2. The van der Waals surface area contributed by atoms with Crippen LogP contribution in [-0.4, -0.2) is 22.6 Å². The van der Waals surface area contributed by atoms with Crippen molar-refractivity contribution < 1.29 is 4.52 Å². The van der Waals surface area contributed by atoms with Crippen LogP contribution in [0.25, 0.3) is 11.3 Å². The molecule has 3 aromatic rings. The highest BCUT2D eigenvalue weighted by Gasteiger charge is 2.13. The lowest BCUT2D eigenvalue weighted by Crippen LogP contribution is -2.36. The smallest absolute Gasteiger partial charge is 0.191 e. The molecule has 156 valence electrons. The third-order valence-corrected chi connectivity index (χ3v) is 5.22. The van der Waals surface area contributed by atoms with Crippen LogP contribution in [0.15, 0.2) is 45.2 Å². The fourth-order valence-electron chi connectivity index (χ4n) is 2.91. The molecule has 29 heavy (non-hydrogen) atoms. The molecular weight excluding hydrogens is 497 g/mol. The highest BCUT2D eigenvalue weighted by molar-refractivity contribution is 14.0. The molecule has 2 aromatic heterocycles. The van der Waals surface area contributed by atoms with E-state index in [1.165, 1.54) is 0 Å². The molecule has 0 amide bonds. The van der Waals surface area contributed by atoms with Crippen LogP contribution in [0.4, 0.5) is 0 Å². The van der Waals surface area contributed by atoms with Crippen molar-refractivity contribution in [3.05, 3.63) is 57.7 Å². The molecule has 0 aliphatic carbocycles. The van der Waals surface area contributed by atoms with Gasteiger partial charge in [-0.3, -0.25) is 0 Å². The van der Waals surface area contributed by atoms with E-state index in [0.29, 0.717) is 13.1 Å².